The Kier molecular flexibility index (Phi) is 6.55. The van der Waals surface area contributed by atoms with Crippen LogP contribution in [0.2, 0.25) is 0 Å². The van der Waals surface area contributed by atoms with Crippen molar-refractivity contribution in [2.75, 3.05) is 24.7 Å². The molecule has 2 aromatic rings. The fraction of sp³-hybridized carbons (Fsp3) is 0.545. The number of benzene rings is 1. The van der Waals surface area contributed by atoms with Crippen molar-refractivity contribution in [2.24, 2.45) is 5.92 Å². The Hall–Kier alpha value is -2.35. The number of hydrogen-bond acceptors (Lipinski definition) is 6. The van der Waals surface area contributed by atoms with E-state index in [1.165, 1.54) is 0 Å². The van der Waals surface area contributed by atoms with Crippen LogP contribution in [-0.2, 0) is 30.6 Å². The quantitative estimate of drug-likeness (QED) is 0.621. The summed E-state index contributed by atoms with van der Waals surface area (Å²) in [6.45, 7) is 7.95. The molecule has 2 heterocycles. The highest BCUT2D eigenvalue weighted by Gasteiger charge is 2.35. The van der Waals surface area contributed by atoms with Crippen LogP contribution in [0.25, 0.3) is 11.0 Å². The van der Waals surface area contributed by atoms with Crippen molar-refractivity contribution in [3.63, 3.8) is 0 Å². The molecule has 1 fully saturated rings. The van der Waals surface area contributed by atoms with Gasteiger partial charge in [0, 0.05) is 23.5 Å². The molecule has 1 atom stereocenters. The van der Waals surface area contributed by atoms with E-state index in [0.717, 1.165) is 16.5 Å². The van der Waals surface area contributed by atoms with E-state index < -0.39 is 22.4 Å². The normalized spacial score (nSPS) is 18.1. The van der Waals surface area contributed by atoms with Crippen LogP contribution in [0.5, 0.6) is 0 Å². The van der Waals surface area contributed by atoms with Crippen molar-refractivity contribution in [3.05, 3.63) is 35.1 Å². The van der Waals surface area contributed by atoms with E-state index in [2.05, 4.69) is 0 Å². The lowest BCUT2D eigenvalue weighted by Gasteiger charge is -2.29. The zero-order chi connectivity index (χ0) is 22.1. The van der Waals surface area contributed by atoms with E-state index in [1.54, 1.807) is 11.2 Å². The number of ether oxygens (including phenoxy) is 1. The average molecular weight is 436 g/mol. The molecule has 0 bridgehead atoms. The van der Waals surface area contributed by atoms with Crippen LogP contribution in [0.3, 0.4) is 0 Å². The van der Waals surface area contributed by atoms with Gasteiger partial charge in [0.1, 0.15) is 5.58 Å². The van der Waals surface area contributed by atoms with Gasteiger partial charge in [-0.05, 0) is 49.4 Å². The number of carbonyl (C=O) groups is 2. The van der Waals surface area contributed by atoms with Crippen LogP contribution in [-0.4, -0.2) is 55.9 Å². The van der Waals surface area contributed by atoms with Crippen LogP contribution < -0.4 is 0 Å². The maximum Gasteiger partial charge on any atom is 0.310 e. The standard InChI is InChI=1S/C22H29NO6S/c1-14(2)10-23(18-5-6-30(26,27)13-18)21(24)12-29-22(25)9-17-11-28-20-8-16(4)15(3)7-19(17)20/h7-8,11,14,18H,5-6,9-10,12-13H2,1-4H3. The average Bonchev–Trinajstić information content (AvgIpc) is 3.21. The zero-order valence-corrected chi connectivity index (χ0v) is 18.8. The lowest BCUT2D eigenvalue weighted by atomic mass is 10.0. The van der Waals surface area contributed by atoms with E-state index >= 15 is 0 Å². The Morgan fingerprint density at radius 2 is 1.93 bits per heavy atom. The SMILES string of the molecule is Cc1cc2occ(CC(=O)OCC(=O)N(CC(C)C)C3CCS(=O)(=O)C3)c2cc1C. The Morgan fingerprint density at radius 3 is 2.57 bits per heavy atom. The molecule has 1 aliphatic rings. The minimum atomic E-state index is -3.11. The molecule has 164 valence electrons. The summed E-state index contributed by atoms with van der Waals surface area (Å²) in [4.78, 5) is 26.6. The van der Waals surface area contributed by atoms with Gasteiger partial charge in [-0.25, -0.2) is 8.42 Å². The number of nitrogens with zero attached hydrogens (tertiary/aromatic N) is 1. The Bertz CT molecular complexity index is 1050. The minimum Gasteiger partial charge on any atom is -0.464 e. The summed E-state index contributed by atoms with van der Waals surface area (Å²) in [5.41, 5.74) is 3.63. The number of furan rings is 1. The third kappa shape index (κ3) is 5.22. The Labute approximate surface area is 177 Å². The van der Waals surface area contributed by atoms with Crippen molar-refractivity contribution in [2.45, 2.75) is 46.6 Å². The van der Waals surface area contributed by atoms with Crippen LogP contribution in [0, 0.1) is 19.8 Å². The van der Waals surface area contributed by atoms with E-state index in [0.29, 0.717) is 24.1 Å². The van der Waals surface area contributed by atoms with Crippen molar-refractivity contribution < 1.29 is 27.2 Å². The van der Waals surface area contributed by atoms with Crippen molar-refractivity contribution in [1.29, 1.82) is 0 Å². The highest BCUT2D eigenvalue weighted by Crippen LogP contribution is 2.25. The number of carbonyl (C=O) groups excluding carboxylic acids is 2. The van der Waals surface area contributed by atoms with Crippen molar-refractivity contribution in [1.82, 2.24) is 4.90 Å². The molecule has 1 aliphatic heterocycles. The fourth-order valence-corrected chi connectivity index (χ4v) is 5.50. The smallest absolute Gasteiger partial charge is 0.310 e. The number of sulfone groups is 1. The molecule has 0 radical (unpaired) electrons. The maximum atomic E-state index is 12.7. The van der Waals surface area contributed by atoms with Gasteiger partial charge in [-0.2, -0.15) is 0 Å². The number of fused-ring (bicyclic) bond motifs is 1. The number of aryl methyl sites for hydroxylation is 2. The second kappa shape index (κ2) is 8.79. The van der Waals surface area contributed by atoms with Gasteiger partial charge in [-0.3, -0.25) is 9.59 Å². The number of esters is 1. The molecule has 30 heavy (non-hydrogen) atoms. The van der Waals surface area contributed by atoms with Gasteiger partial charge in [-0.15, -0.1) is 0 Å². The van der Waals surface area contributed by atoms with E-state index in [9.17, 15) is 18.0 Å². The van der Waals surface area contributed by atoms with E-state index in [4.69, 9.17) is 9.15 Å². The van der Waals surface area contributed by atoms with Gasteiger partial charge in [0.15, 0.2) is 16.4 Å². The van der Waals surface area contributed by atoms with E-state index in [1.807, 2.05) is 39.8 Å². The zero-order valence-electron chi connectivity index (χ0n) is 17.9. The topological polar surface area (TPSA) is 93.9 Å². The molecule has 1 amide bonds. The van der Waals surface area contributed by atoms with Crippen LogP contribution in [0.1, 0.15) is 37.0 Å². The minimum absolute atomic E-state index is 0.00473. The van der Waals surface area contributed by atoms with Crippen molar-refractivity contribution >= 4 is 32.7 Å². The predicted octanol–water partition coefficient (Wildman–Crippen LogP) is 2.81. The lowest BCUT2D eigenvalue weighted by Crippen LogP contribution is -2.45. The summed E-state index contributed by atoms with van der Waals surface area (Å²) >= 11 is 0. The van der Waals surface area contributed by atoms with Crippen LogP contribution >= 0.6 is 0 Å². The van der Waals surface area contributed by atoms with Gasteiger partial charge in [0.25, 0.3) is 5.91 Å². The van der Waals surface area contributed by atoms with E-state index in [-0.39, 0.29) is 35.8 Å². The van der Waals surface area contributed by atoms with Gasteiger partial charge in [0.2, 0.25) is 0 Å². The van der Waals surface area contributed by atoms with Gasteiger partial charge < -0.3 is 14.1 Å². The number of hydrogen-bond donors (Lipinski definition) is 0. The largest absolute Gasteiger partial charge is 0.464 e. The van der Waals surface area contributed by atoms with Gasteiger partial charge in [-0.1, -0.05) is 13.8 Å². The molecule has 1 saturated heterocycles. The molecule has 0 spiro atoms. The van der Waals surface area contributed by atoms with Crippen molar-refractivity contribution in [3.8, 4) is 0 Å². The Morgan fingerprint density at radius 1 is 1.23 bits per heavy atom. The number of rotatable bonds is 7. The molecule has 0 N–H and O–H groups in total. The first-order valence-corrected chi connectivity index (χ1v) is 12.0. The summed E-state index contributed by atoms with van der Waals surface area (Å²) in [5.74, 6) is -0.641. The number of amides is 1. The molecule has 0 aliphatic carbocycles. The third-order valence-corrected chi connectivity index (χ3v) is 7.24. The molecule has 1 aromatic heterocycles. The second-order valence-corrected chi connectivity index (χ2v) is 10.8. The summed E-state index contributed by atoms with van der Waals surface area (Å²) < 4.78 is 34.4. The lowest BCUT2D eigenvalue weighted by molar-refractivity contribution is -0.152. The molecule has 1 aromatic carbocycles. The summed E-state index contributed by atoms with van der Waals surface area (Å²) in [7, 11) is -3.11. The molecular weight excluding hydrogens is 406 g/mol. The summed E-state index contributed by atoms with van der Waals surface area (Å²) in [6, 6.07) is 3.56. The predicted molar refractivity (Wildman–Crippen MR) is 114 cm³/mol. The molecule has 0 saturated carbocycles. The van der Waals surface area contributed by atoms with Crippen LogP contribution in [0.4, 0.5) is 0 Å². The molecule has 8 heteroatoms. The Balaban J connectivity index is 1.62. The summed E-state index contributed by atoms with van der Waals surface area (Å²) in [6.07, 6.45) is 1.97. The third-order valence-electron chi connectivity index (χ3n) is 5.49. The monoisotopic (exact) mass is 435 g/mol. The fourth-order valence-electron chi connectivity index (χ4n) is 3.77. The van der Waals surface area contributed by atoms with Crippen LogP contribution in [0.15, 0.2) is 22.8 Å². The maximum absolute atomic E-state index is 12.7. The second-order valence-electron chi connectivity index (χ2n) is 8.53. The molecule has 7 nitrogen and oxygen atoms in total. The summed E-state index contributed by atoms with van der Waals surface area (Å²) in [5, 5.41) is 0.860. The molecule has 1 unspecified atom stereocenters. The first-order valence-electron chi connectivity index (χ1n) is 10.2. The highest BCUT2D eigenvalue weighted by molar-refractivity contribution is 7.91. The first-order chi connectivity index (χ1) is 14.1. The highest BCUT2D eigenvalue weighted by atomic mass is 32.2. The van der Waals surface area contributed by atoms with Gasteiger partial charge >= 0.3 is 5.97 Å². The van der Waals surface area contributed by atoms with Gasteiger partial charge in [0.05, 0.1) is 24.2 Å². The molecular formula is C22H29NO6S. The first kappa shape index (κ1) is 22.3. The molecule has 3 rings (SSSR count).